The fourth-order valence-electron chi connectivity index (χ4n) is 6.67. The Morgan fingerprint density at radius 3 is 2.29 bits per heavy atom. The second-order valence-electron chi connectivity index (χ2n) is 12.5. The standard InChI is InChI=1S/C30H47N3O2/c1-7-25(34)21-31-14-16-33(17-15-31)28-9-8-24(32-12-10-26(35-6)11-13-32)18-27(28)23-19-29(2,3)22-30(4,5)20-23/h8-9,18-19,26H,7,10-17,20-22H2,1-6H3. The quantitative estimate of drug-likeness (QED) is 0.504. The van der Waals surface area contributed by atoms with Gasteiger partial charge in [-0.2, -0.15) is 0 Å². The molecule has 0 unspecified atom stereocenters. The summed E-state index contributed by atoms with van der Waals surface area (Å²) in [7, 11) is 1.84. The number of hydrogen-bond donors (Lipinski definition) is 0. The number of piperazine rings is 1. The highest BCUT2D eigenvalue weighted by atomic mass is 16.5. The summed E-state index contributed by atoms with van der Waals surface area (Å²) < 4.78 is 5.61. The summed E-state index contributed by atoms with van der Waals surface area (Å²) in [6, 6.07) is 7.17. The first-order valence-electron chi connectivity index (χ1n) is 13.7. The molecule has 0 atom stereocenters. The first-order valence-corrected chi connectivity index (χ1v) is 13.7. The molecule has 4 rings (SSSR count). The van der Waals surface area contributed by atoms with Gasteiger partial charge in [-0.25, -0.2) is 0 Å². The van der Waals surface area contributed by atoms with Crippen LogP contribution in [0, 0.1) is 10.8 Å². The van der Waals surface area contributed by atoms with Gasteiger partial charge in [0.25, 0.3) is 0 Å². The number of ether oxygens (including phenoxy) is 1. The van der Waals surface area contributed by atoms with Crippen LogP contribution in [0.3, 0.4) is 0 Å². The van der Waals surface area contributed by atoms with Crippen LogP contribution in [0.5, 0.6) is 0 Å². The monoisotopic (exact) mass is 481 g/mol. The van der Waals surface area contributed by atoms with Gasteiger partial charge in [0.15, 0.2) is 0 Å². The summed E-state index contributed by atoms with van der Waals surface area (Å²) in [4.78, 5) is 19.4. The lowest BCUT2D eigenvalue weighted by Crippen LogP contribution is -2.48. The van der Waals surface area contributed by atoms with Gasteiger partial charge >= 0.3 is 0 Å². The molecule has 5 heteroatoms. The maximum absolute atomic E-state index is 12.0. The Morgan fingerprint density at radius 1 is 1.00 bits per heavy atom. The average Bonchev–Trinajstić information content (AvgIpc) is 2.82. The Kier molecular flexibility index (Phi) is 7.97. The molecule has 0 aromatic heterocycles. The van der Waals surface area contributed by atoms with E-state index in [2.05, 4.69) is 66.7 Å². The number of ketones is 1. The number of methoxy groups -OCH3 is 1. The molecule has 0 amide bonds. The highest BCUT2D eigenvalue weighted by Gasteiger charge is 2.35. The summed E-state index contributed by atoms with van der Waals surface area (Å²) in [6.07, 6.45) is 8.09. The van der Waals surface area contributed by atoms with Crippen LogP contribution in [0.2, 0.25) is 0 Å². The van der Waals surface area contributed by atoms with Gasteiger partial charge in [0.2, 0.25) is 0 Å². The zero-order valence-corrected chi connectivity index (χ0v) is 23.0. The van der Waals surface area contributed by atoms with Crippen molar-refractivity contribution in [3.05, 3.63) is 29.8 Å². The molecule has 35 heavy (non-hydrogen) atoms. The second-order valence-corrected chi connectivity index (χ2v) is 12.5. The van der Waals surface area contributed by atoms with E-state index in [9.17, 15) is 4.79 Å². The number of carbonyl (C=O) groups excluding carboxylic acids is 1. The third-order valence-corrected chi connectivity index (χ3v) is 8.14. The van der Waals surface area contributed by atoms with Gasteiger partial charge in [-0.3, -0.25) is 9.69 Å². The molecule has 1 aromatic carbocycles. The Balaban J connectivity index is 1.62. The minimum absolute atomic E-state index is 0.195. The van der Waals surface area contributed by atoms with Crippen LogP contribution >= 0.6 is 0 Å². The van der Waals surface area contributed by atoms with Crippen LogP contribution in [0.25, 0.3) is 5.57 Å². The van der Waals surface area contributed by atoms with E-state index in [0.717, 1.165) is 58.5 Å². The number of nitrogens with zero attached hydrogens (tertiary/aromatic N) is 3. The lowest BCUT2D eigenvalue weighted by atomic mass is 9.65. The summed E-state index contributed by atoms with van der Waals surface area (Å²) in [5.41, 5.74) is 6.10. The van der Waals surface area contributed by atoms with Crippen molar-refractivity contribution in [1.82, 2.24) is 4.90 Å². The van der Waals surface area contributed by atoms with Gasteiger partial charge < -0.3 is 14.5 Å². The fourth-order valence-corrected chi connectivity index (χ4v) is 6.67. The van der Waals surface area contributed by atoms with E-state index in [1.54, 1.807) is 0 Å². The first-order chi connectivity index (χ1) is 16.6. The van der Waals surface area contributed by atoms with Crippen molar-refractivity contribution in [3.8, 4) is 0 Å². The third kappa shape index (κ3) is 6.48. The van der Waals surface area contributed by atoms with Gasteiger partial charge in [0.1, 0.15) is 5.78 Å². The molecule has 0 radical (unpaired) electrons. The zero-order chi connectivity index (χ0) is 25.2. The maximum atomic E-state index is 12.0. The van der Waals surface area contributed by atoms with Gasteiger partial charge in [-0.15, -0.1) is 0 Å². The normalized spacial score (nSPS) is 23.3. The third-order valence-electron chi connectivity index (χ3n) is 8.14. The Hall–Kier alpha value is -1.85. The fraction of sp³-hybridized carbons (Fsp3) is 0.700. The molecule has 2 saturated heterocycles. The van der Waals surface area contributed by atoms with E-state index in [1.165, 1.54) is 28.9 Å². The van der Waals surface area contributed by atoms with Crippen LogP contribution in [-0.4, -0.2) is 69.7 Å². The van der Waals surface area contributed by atoms with E-state index in [1.807, 2.05) is 14.0 Å². The molecule has 1 aliphatic carbocycles. The molecule has 2 fully saturated rings. The molecule has 5 nitrogen and oxygen atoms in total. The van der Waals surface area contributed by atoms with E-state index in [-0.39, 0.29) is 10.8 Å². The minimum Gasteiger partial charge on any atom is -0.381 e. The Bertz CT molecular complexity index is 920. The molecule has 0 saturated carbocycles. The molecule has 2 aliphatic heterocycles. The number of piperidine rings is 1. The minimum atomic E-state index is 0.195. The number of allylic oxidation sites excluding steroid dienone is 2. The lowest BCUT2D eigenvalue weighted by molar-refractivity contribution is -0.119. The predicted molar refractivity (Wildman–Crippen MR) is 147 cm³/mol. The largest absolute Gasteiger partial charge is 0.381 e. The van der Waals surface area contributed by atoms with E-state index in [0.29, 0.717) is 24.9 Å². The number of benzene rings is 1. The van der Waals surface area contributed by atoms with Crippen molar-refractivity contribution >= 4 is 22.7 Å². The van der Waals surface area contributed by atoms with Crippen LogP contribution in [0.4, 0.5) is 11.4 Å². The van der Waals surface area contributed by atoms with Gasteiger partial charge in [-0.05, 0) is 60.3 Å². The molecule has 0 N–H and O–H groups in total. The number of anilines is 2. The number of hydrogen-bond acceptors (Lipinski definition) is 5. The van der Waals surface area contributed by atoms with Crippen molar-refractivity contribution in [1.29, 1.82) is 0 Å². The first kappa shape index (κ1) is 26.2. The molecule has 194 valence electrons. The second kappa shape index (κ2) is 10.6. The summed E-state index contributed by atoms with van der Waals surface area (Å²) in [5.74, 6) is 0.345. The number of carbonyl (C=O) groups is 1. The number of Topliss-reactive ketones (excluding diaryl/α,β-unsaturated/α-hetero) is 1. The van der Waals surface area contributed by atoms with Crippen molar-refractivity contribution in [2.24, 2.45) is 10.8 Å². The summed E-state index contributed by atoms with van der Waals surface area (Å²) in [6.45, 7) is 18.1. The summed E-state index contributed by atoms with van der Waals surface area (Å²) >= 11 is 0. The SMILES string of the molecule is CCC(=O)CN1CCN(c2ccc(N3CCC(OC)CC3)cc2C2=CC(C)(C)CC(C)(C)C2)CC1. The summed E-state index contributed by atoms with van der Waals surface area (Å²) in [5, 5.41) is 0. The Morgan fingerprint density at radius 2 is 1.69 bits per heavy atom. The van der Waals surface area contributed by atoms with Crippen molar-refractivity contribution in [2.45, 2.75) is 72.8 Å². The highest BCUT2D eigenvalue weighted by molar-refractivity contribution is 5.82. The van der Waals surface area contributed by atoms with Crippen molar-refractivity contribution < 1.29 is 9.53 Å². The zero-order valence-electron chi connectivity index (χ0n) is 23.0. The van der Waals surface area contributed by atoms with E-state index in [4.69, 9.17) is 4.74 Å². The van der Waals surface area contributed by atoms with Crippen LogP contribution in [0.15, 0.2) is 24.3 Å². The smallest absolute Gasteiger partial charge is 0.146 e. The maximum Gasteiger partial charge on any atom is 0.146 e. The molecular weight excluding hydrogens is 434 g/mol. The van der Waals surface area contributed by atoms with Crippen molar-refractivity contribution in [3.63, 3.8) is 0 Å². The van der Waals surface area contributed by atoms with Crippen LogP contribution < -0.4 is 9.80 Å². The topological polar surface area (TPSA) is 36.0 Å². The molecule has 0 spiro atoms. The van der Waals surface area contributed by atoms with Crippen LogP contribution in [0.1, 0.15) is 72.3 Å². The van der Waals surface area contributed by atoms with E-state index < -0.39 is 0 Å². The molecule has 3 aliphatic rings. The van der Waals surface area contributed by atoms with Gasteiger partial charge in [-0.1, -0.05) is 40.7 Å². The molecule has 0 bridgehead atoms. The Labute approximate surface area is 213 Å². The molecular formula is C30H47N3O2. The predicted octanol–water partition coefficient (Wildman–Crippen LogP) is 5.63. The van der Waals surface area contributed by atoms with E-state index >= 15 is 0 Å². The highest BCUT2D eigenvalue weighted by Crippen LogP contribution is 2.49. The lowest BCUT2D eigenvalue weighted by Gasteiger charge is -2.42. The van der Waals surface area contributed by atoms with Crippen LogP contribution in [-0.2, 0) is 9.53 Å². The molecule has 1 aromatic rings. The molecule has 2 heterocycles. The van der Waals surface area contributed by atoms with Crippen molar-refractivity contribution in [2.75, 3.05) is 62.7 Å². The van der Waals surface area contributed by atoms with Gasteiger partial charge in [0, 0.05) is 69.7 Å². The average molecular weight is 482 g/mol. The van der Waals surface area contributed by atoms with Gasteiger partial charge in [0.05, 0.1) is 12.6 Å². The number of rotatable bonds is 7.